The summed E-state index contributed by atoms with van der Waals surface area (Å²) in [6, 6.07) is 8.85. The van der Waals surface area contributed by atoms with Crippen LogP contribution in [0.4, 0.5) is 0 Å². The van der Waals surface area contributed by atoms with Gasteiger partial charge >= 0.3 is 0 Å². The average Bonchev–Trinajstić information content (AvgIpc) is 2.37. The van der Waals surface area contributed by atoms with E-state index >= 15 is 0 Å². The van der Waals surface area contributed by atoms with Crippen molar-refractivity contribution in [3.8, 4) is 6.07 Å². The Bertz CT molecular complexity index is 491. The van der Waals surface area contributed by atoms with Gasteiger partial charge in [-0.15, -0.1) is 0 Å². The van der Waals surface area contributed by atoms with E-state index in [1.54, 1.807) is 25.1 Å². The second kappa shape index (κ2) is 6.40. The summed E-state index contributed by atoms with van der Waals surface area (Å²) in [7, 11) is 0. The van der Waals surface area contributed by atoms with Crippen molar-refractivity contribution in [3.05, 3.63) is 35.4 Å². The van der Waals surface area contributed by atoms with E-state index in [4.69, 9.17) is 5.26 Å². The van der Waals surface area contributed by atoms with Crippen molar-refractivity contribution in [3.63, 3.8) is 0 Å². The van der Waals surface area contributed by atoms with Crippen molar-refractivity contribution in [1.82, 2.24) is 10.9 Å². The minimum absolute atomic E-state index is 0.403. The maximum atomic E-state index is 11.7. The molecule has 0 bridgehead atoms. The molecule has 0 fully saturated rings. The molecule has 0 aliphatic rings. The Kier molecular flexibility index (Phi) is 4.88. The highest BCUT2D eigenvalue weighted by molar-refractivity contribution is 5.95. The van der Waals surface area contributed by atoms with Gasteiger partial charge in [-0.3, -0.25) is 20.4 Å². The monoisotopic (exact) mass is 245 g/mol. The van der Waals surface area contributed by atoms with E-state index in [1.165, 1.54) is 0 Å². The molecule has 0 spiro atoms. The maximum absolute atomic E-state index is 11.7. The van der Waals surface area contributed by atoms with E-state index in [-0.39, 0.29) is 0 Å². The van der Waals surface area contributed by atoms with Gasteiger partial charge in [-0.1, -0.05) is 24.6 Å². The molecule has 1 unspecified atom stereocenters. The summed E-state index contributed by atoms with van der Waals surface area (Å²) in [5, 5.41) is 8.69. The van der Waals surface area contributed by atoms with Crippen LogP contribution in [-0.2, 0) is 4.79 Å². The molecule has 0 aliphatic heterocycles. The number of amides is 2. The van der Waals surface area contributed by atoms with Crippen molar-refractivity contribution in [1.29, 1.82) is 5.26 Å². The lowest BCUT2D eigenvalue weighted by Crippen LogP contribution is -2.44. The van der Waals surface area contributed by atoms with Crippen LogP contribution in [0.2, 0.25) is 0 Å². The van der Waals surface area contributed by atoms with Crippen LogP contribution in [0.25, 0.3) is 0 Å². The van der Waals surface area contributed by atoms with E-state index in [9.17, 15) is 9.59 Å². The third-order valence-electron chi connectivity index (χ3n) is 2.46. The van der Waals surface area contributed by atoms with Crippen LogP contribution >= 0.6 is 0 Å². The number of nitrogens with zero attached hydrogens (tertiary/aromatic N) is 1. The largest absolute Gasteiger partial charge is 0.272 e. The molecule has 0 heterocycles. The molecule has 1 aromatic carbocycles. The number of benzene rings is 1. The maximum Gasteiger partial charge on any atom is 0.269 e. The molecule has 0 saturated carbocycles. The number of hydrazine groups is 1. The number of nitrogens with one attached hydrogen (secondary N) is 2. The topological polar surface area (TPSA) is 82.0 Å². The summed E-state index contributed by atoms with van der Waals surface area (Å²) in [5.41, 5.74) is 5.94. The molecular formula is C13H15N3O2. The Balaban J connectivity index is 2.57. The van der Waals surface area contributed by atoms with Crippen LogP contribution in [0.3, 0.4) is 0 Å². The fourth-order valence-corrected chi connectivity index (χ4v) is 1.40. The van der Waals surface area contributed by atoms with E-state index < -0.39 is 17.7 Å². The smallest absolute Gasteiger partial charge is 0.269 e. The van der Waals surface area contributed by atoms with Crippen LogP contribution in [0.5, 0.6) is 0 Å². The minimum atomic E-state index is -0.747. The van der Waals surface area contributed by atoms with Crippen LogP contribution in [0, 0.1) is 24.2 Å². The molecule has 2 amide bonds. The Morgan fingerprint density at radius 1 is 1.39 bits per heavy atom. The Labute approximate surface area is 106 Å². The molecule has 94 valence electrons. The summed E-state index contributed by atoms with van der Waals surface area (Å²) >= 11 is 0. The zero-order chi connectivity index (χ0) is 13.5. The number of hydrogen-bond donors (Lipinski definition) is 2. The fraction of sp³-hybridized carbons (Fsp3) is 0.308. The summed E-state index contributed by atoms with van der Waals surface area (Å²) in [6.45, 7) is 3.61. The van der Waals surface area contributed by atoms with Crippen LogP contribution in [0.1, 0.15) is 29.3 Å². The Morgan fingerprint density at radius 2 is 2.11 bits per heavy atom. The third-order valence-corrected chi connectivity index (χ3v) is 2.46. The molecular weight excluding hydrogens is 230 g/mol. The highest BCUT2D eigenvalue weighted by Gasteiger charge is 2.16. The van der Waals surface area contributed by atoms with Gasteiger partial charge in [0.25, 0.3) is 11.8 Å². The lowest BCUT2D eigenvalue weighted by atomic mass is 10.1. The van der Waals surface area contributed by atoms with Gasteiger partial charge in [-0.05, 0) is 25.5 Å². The molecule has 0 radical (unpaired) electrons. The molecule has 1 aromatic rings. The first-order valence-corrected chi connectivity index (χ1v) is 5.65. The number of nitriles is 1. The lowest BCUT2D eigenvalue weighted by Gasteiger charge is -2.09. The van der Waals surface area contributed by atoms with Crippen molar-refractivity contribution in [2.45, 2.75) is 20.3 Å². The Morgan fingerprint density at radius 3 is 2.67 bits per heavy atom. The SMILES string of the molecule is CCC(C#N)C(=O)NNC(=O)c1cccc(C)c1. The van der Waals surface area contributed by atoms with Crippen molar-refractivity contribution >= 4 is 11.8 Å². The summed E-state index contributed by atoms with van der Waals surface area (Å²) in [6.07, 6.45) is 0.405. The van der Waals surface area contributed by atoms with Gasteiger partial charge in [0.15, 0.2) is 0 Å². The van der Waals surface area contributed by atoms with Gasteiger partial charge in [0.1, 0.15) is 5.92 Å². The van der Waals surface area contributed by atoms with Crippen molar-refractivity contribution < 1.29 is 9.59 Å². The van der Waals surface area contributed by atoms with Gasteiger partial charge in [0, 0.05) is 5.56 Å². The van der Waals surface area contributed by atoms with Crippen molar-refractivity contribution in [2.75, 3.05) is 0 Å². The number of hydrogen-bond acceptors (Lipinski definition) is 3. The molecule has 0 aliphatic carbocycles. The van der Waals surface area contributed by atoms with Gasteiger partial charge in [0.2, 0.25) is 0 Å². The predicted molar refractivity (Wildman–Crippen MR) is 66.2 cm³/mol. The molecule has 2 N–H and O–H groups in total. The van der Waals surface area contributed by atoms with E-state index in [0.29, 0.717) is 12.0 Å². The zero-order valence-corrected chi connectivity index (χ0v) is 10.4. The normalized spacial score (nSPS) is 11.2. The molecule has 0 aromatic heterocycles. The predicted octanol–water partition coefficient (Wildman–Crippen LogP) is 1.31. The van der Waals surface area contributed by atoms with E-state index in [0.717, 1.165) is 5.56 Å². The second-order valence-corrected chi connectivity index (χ2v) is 3.90. The first kappa shape index (κ1) is 13.7. The van der Waals surface area contributed by atoms with Crippen LogP contribution in [0.15, 0.2) is 24.3 Å². The van der Waals surface area contributed by atoms with Crippen LogP contribution < -0.4 is 10.9 Å². The number of rotatable bonds is 3. The van der Waals surface area contributed by atoms with Gasteiger partial charge in [0.05, 0.1) is 6.07 Å². The zero-order valence-electron chi connectivity index (χ0n) is 10.4. The second-order valence-electron chi connectivity index (χ2n) is 3.90. The van der Waals surface area contributed by atoms with Crippen LogP contribution in [-0.4, -0.2) is 11.8 Å². The first-order chi connectivity index (χ1) is 8.58. The first-order valence-electron chi connectivity index (χ1n) is 5.65. The molecule has 1 atom stereocenters. The summed E-state index contributed by atoms with van der Waals surface area (Å²) < 4.78 is 0. The van der Waals surface area contributed by atoms with Crippen molar-refractivity contribution in [2.24, 2.45) is 5.92 Å². The van der Waals surface area contributed by atoms with Gasteiger partial charge in [-0.25, -0.2) is 0 Å². The minimum Gasteiger partial charge on any atom is -0.272 e. The van der Waals surface area contributed by atoms with Gasteiger partial charge in [-0.2, -0.15) is 5.26 Å². The lowest BCUT2D eigenvalue weighted by molar-refractivity contribution is -0.124. The number of aryl methyl sites for hydroxylation is 1. The molecule has 5 nitrogen and oxygen atoms in total. The fourth-order valence-electron chi connectivity index (χ4n) is 1.40. The van der Waals surface area contributed by atoms with Gasteiger partial charge < -0.3 is 0 Å². The standard InChI is InChI=1S/C13H15N3O2/c1-3-10(8-14)12(17)15-16-13(18)11-6-4-5-9(2)7-11/h4-7,10H,3H2,1-2H3,(H,15,17)(H,16,18). The summed E-state index contributed by atoms with van der Waals surface area (Å²) in [4.78, 5) is 23.2. The average molecular weight is 245 g/mol. The quantitative estimate of drug-likeness (QED) is 0.787. The highest BCUT2D eigenvalue weighted by Crippen LogP contribution is 2.03. The molecule has 18 heavy (non-hydrogen) atoms. The molecule has 5 heteroatoms. The van der Waals surface area contributed by atoms with E-state index in [1.807, 2.05) is 19.1 Å². The highest BCUT2D eigenvalue weighted by atomic mass is 16.2. The molecule has 0 saturated heterocycles. The summed E-state index contributed by atoms with van der Waals surface area (Å²) in [5.74, 6) is -1.65. The molecule has 1 rings (SSSR count). The Hall–Kier alpha value is -2.35. The third kappa shape index (κ3) is 3.59. The number of carbonyl (C=O) groups excluding carboxylic acids is 2. The number of carbonyl (C=O) groups is 2. The van der Waals surface area contributed by atoms with E-state index in [2.05, 4.69) is 10.9 Å².